The Hall–Kier alpha value is -1.63. The lowest BCUT2D eigenvalue weighted by atomic mass is 10.4. The number of rotatable bonds is 5. The quantitative estimate of drug-likeness (QED) is 0.763. The average molecular weight is 253 g/mol. The van der Waals surface area contributed by atoms with Crippen LogP contribution in [0.1, 0.15) is 19.8 Å². The number of nitrogens with two attached hydrogens (primary N) is 1. The summed E-state index contributed by atoms with van der Waals surface area (Å²) >= 11 is 0. The van der Waals surface area contributed by atoms with Gasteiger partial charge in [-0.2, -0.15) is 15.0 Å². The molecule has 7 nitrogen and oxygen atoms in total. The van der Waals surface area contributed by atoms with Gasteiger partial charge in [-0.05, 0) is 6.42 Å². The van der Waals surface area contributed by atoms with E-state index in [2.05, 4.69) is 21.9 Å². The average Bonchev–Trinajstić information content (AvgIpc) is 2.39. The van der Waals surface area contributed by atoms with E-state index in [1.807, 2.05) is 4.90 Å². The molecule has 1 saturated heterocycles. The van der Waals surface area contributed by atoms with Crippen molar-refractivity contribution in [3.8, 4) is 6.01 Å². The van der Waals surface area contributed by atoms with E-state index in [0.29, 0.717) is 31.8 Å². The molecule has 0 amide bonds. The second-order valence-electron chi connectivity index (χ2n) is 4.08. The van der Waals surface area contributed by atoms with Gasteiger partial charge in [0.05, 0.1) is 19.8 Å². The van der Waals surface area contributed by atoms with Crippen molar-refractivity contribution < 1.29 is 9.47 Å². The molecule has 0 bridgehead atoms. The Morgan fingerprint density at radius 1 is 1.28 bits per heavy atom. The Kier molecular flexibility index (Phi) is 4.52. The number of ether oxygens (including phenoxy) is 2. The van der Waals surface area contributed by atoms with Crippen molar-refractivity contribution in [3.05, 3.63) is 0 Å². The fourth-order valence-electron chi connectivity index (χ4n) is 1.64. The van der Waals surface area contributed by atoms with Crippen LogP contribution in [0.2, 0.25) is 0 Å². The molecule has 1 aromatic heterocycles. The fraction of sp³-hybridized carbons (Fsp3) is 0.727. The van der Waals surface area contributed by atoms with Crippen molar-refractivity contribution in [2.75, 3.05) is 43.5 Å². The Balaban J connectivity index is 2.05. The van der Waals surface area contributed by atoms with E-state index in [-0.39, 0.29) is 5.95 Å². The minimum atomic E-state index is 0.193. The van der Waals surface area contributed by atoms with Gasteiger partial charge in [-0.25, -0.2) is 0 Å². The molecule has 0 aromatic carbocycles. The molecule has 0 atom stereocenters. The number of morpholine rings is 1. The molecule has 0 unspecified atom stereocenters. The molecular formula is C11H19N5O2. The predicted molar refractivity (Wildman–Crippen MR) is 67.7 cm³/mol. The van der Waals surface area contributed by atoms with Gasteiger partial charge in [-0.15, -0.1) is 0 Å². The van der Waals surface area contributed by atoms with Gasteiger partial charge in [0.2, 0.25) is 11.9 Å². The molecule has 1 aliphatic rings. The van der Waals surface area contributed by atoms with Gasteiger partial charge in [0.1, 0.15) is 0 Å². The first-order valence-electron chi connectivity index (χ1n) is 6.26. The predicted octanol–water partition coefficient (Wildman–Crippen LogP) is 0.469. The molecule has 1 fully saturated rings. The molecule has 2 heterocycles. The first-order valence-corrected chi connectivity index (χ1v) is 6.26. The Labute approximate surface area is 106 Å². The summed E-state index contributed by atoms with van der Waals surface area (Å²) in [5, 5.41) is 0. The molecule has 0 spiro atoms. The molecule has 2 N–H and O–H groups in total. The number of nitrogen functional groups attached to an aromatic ring is 1. The highest BCUT2D eigenvalue weighted by Gasteiger charge is 2.16. The molecule has 0 saturated carbocycles. The fourth-order valence-corrected chi connectivity index (χ4v) is 1.64. The second-order valence-corrected chi connectivity index (χ2v) is 4.08. The molecule has 1 aliphatic heterocycles. The summed E-state index contributed by atoms with van der Waals surface area (Å²) in [5.74, 6) is 0.760. The van der Waals surface area contributed by atoms with Crippen LogP contribution in [0.4, 0.5) is 11.9 Å². The summed E-state index contributed by atoms with van der Waals surface area (Å²) in [6, 6.07) is 0.303. The largest absolute Gasteiger partial charge is 0.463 e. The van der Waals surface area contributed by atoms with Gasteiger partial charge in [0, 0.05) is 13.1 Å². The van der Waals surface area contributed by atoms with Gasteiger partial charge in [-0.3, -0.25) is 0 Å². The van der Waals surface area contributed by atoms with Crippen LogP contribution in [0.25, 0.3) is 0 Å². The maximum atomic E-state index is 5.67. The third-order valence-electron chi connectivity index (χ3n) is 2.64. The summed E-state index contributed by atoms with van der Waals surface area (Å²) in [6.45, 7) is 5.58. The Bertz CT molecular complexity index is 382. The summed E-state index contributed by atoms with van der Waals surface area (Å²) in [5.41, 5.74) is 5.67. The summed E-state index contributed by atoms with van der Waals surface area (Å²) < 4.78 is 10.7. The van der Waals surface area contributed by atoms with E-state index >= 15 is 0 Å². The number of hydrogen-bond donors (Lipinski definition) is 1. The third kappa shape index (κ3) is 3.43. The summed E-state index contributed by atoms with van der Waals surface area (Å²) in [6.07, 6.45) is 2.04. The molecular weight excluding hydrogens is 234 g/mol. The first kappa shape index (κ1) is 12.8. The number of nitrogens with zero attached hydrogens (tertiary/aromatic N) is 4. The number of aromatic nitrogens is 3. The van der Waals surface area contributed by atoms with E-state index in [1.54, 1.807) is 0 Å². The highest BCUT2D eigenvalue weighted by molar-refractivity contribution is 5.36. The molecule has 7 heteroatoms. The van der Waals surface area contributed by atoms with Crippen molar-refractivity contribution in [2.45, 2.75) is 19.8 Å². The Morgan fingerprint density at radius 2 is 2.06 bits per heavy atom. The zero-order valence-electron chi connectivity index (χ0n) is 10.6. The second kappa shape index (κ2) is 6.34. The first-order chi connectivity index (χ1) is 8.79. The zero-order chi connectivity index (χ0) is 12.8. The highest BCUT2D eigenvalue weighted by atomic mass is 16.5. The third-order valence-corrected chi connectivity index (χ3v) is 2.64. The van der Waals surface area contributed by atoms with E-state index in [4.69, 9.17) is 15.2 Å². The minimum Gasteiger partial charge on any atom is -0.463 e. The molecule has 0 aliphatic carbocycles. The van der Waals surface area contributed by atoms with Crippen LogP contribution in [-0.4, -0.2) is 47.9 Å². The van der Waals surface area contributed by atoms with Crippen molar-refractivity contribution in [1.29, 1.82) is 0 Å². The van der Waals surface area contributed by atoms with Crippen LogP contribution in [0.3, 0.4) is 0 Å². The van der Waals surface area contributed by atoms with Crippen LogP contribution in [0, 0.1) is 0 Å². The van der Waals surface area contributed by atoms with E-state index in [9.17, 15) is 0 Å². The van der Waals surface area contributed by atoms with Crippen molar-refractivity contribution >= 4 is 11.9 Å². The molecule has 0 radical (unpaired) electrons. The lowest BCUT2D eigenvalue weighted by Crippen LogP contribution is -2.37. The van der Waals surface area contributed by atoms with Gasteiger partial charge in [0.25, 0.3) is 0 Å². The molecule has 2 rings (SSSR count). The lowest BCUT2D eigenvalue weighted by Gasteiger charge is -2.26. The number of anilines is 2. The maximum Gasteiger partial charge on any atom is 0.323 e. The van der Waals surface area contributed by atoms with E-state index in [0.717, 1.165) is 25.9 Å². The van der Waals surface area contributed by atoms with Crippen molar-refractivity contribution in [3.63, 3.8) is 0 Å². The van der Waals surface area contributed by atoms with Crippen LogP contribution < -0.4 is 15.4 Å². The van der Waals surface area contributed by atoms with Crippen LogP contribution >= 0.6 is 0 Å². The monoisotopic (exact) mass is 253 g/mol. The number of unbranched alkanes of at least 4 members (excludes halogenated alkanes) is 1. The molecule has 1 aromatic rings. The highest BCUT2D eigenvalue weighted by Crippen LogP contribution is 2.14. The SMILES string of the molecule is CCCCOc1nc(N)nc(N2CCOCC2)n1. The van der Waals surface area contributed by atoms with Crippen LogP contribution in [0.5, 0.6) is 6.01 Å². The van der Waals surface area contributed by atoms with Crippen LogP contribution in [-0.2, 0) is 4.74 Å². The van der Waals surface area contributed by atoms with Gasteiger partial charge < -0.3 is 20.1 Å². The van der Waals surface area contributed by atoms with Crippen molar-refractivity contribution in [2.24, 2.45) is 0 Å². The number of hydrogen-bond acceptors (Lipinski definition) is 7. The smallest absolute Gasteiger partial charge is 0.323 e. The zero-order valence-corrected chi connectivity index (χ0v) is 10.6. The van der Waals surface area contributed by atoms with Gasteiger partial charge in [0.15, 0.2) is 0 Å². The van der Waals surface area contributed by atoms with E-state index < -0.39 is 0 Å². The topological polar surface area (TPSA) is 86.4 Å². The maximum absolute atomic E-state index is 5.67. The summed E-state index contributed by atoms with van der Waals surface area (Å²) in [4.78, 5) is 14.4. The minimum absolute atomic E-state index is 0.193. The van der Waals surface area contributed by atoms with Crippen molar-refractivity contribution in [1.82, 2.24) is 15.0 Å². The standard InChI is InChI=1S/C11H19N5O2/c1-2-3-6-18-11-14-9(12)13-10(15-11)16-4-7-17-8-5-16/h2-8H2,1H3,(H2,12,13,14,15). The van der Waals surface area contributed by atoms with Gasteiger partial charge >= 0.3 is 6.01 Å². The molecule has 100 valence electrons. The van der Waals surface area contributed by atoms with E-state index in [1.165, 1.54) is 0 Å². The normalized spacial score (nSPS) is 15.7. The van der Waals surface area contributed by atoms with Crippen LogP contribution in [0.15, 0.2) is 0 Å². The Morgan fingerprint density at radius 3 is 2.78 bits per heavy atom. The lowest BCUT2D eigenvalue weighted by molar-refractivity contribution is 0.122. The van der Waals surface area contributed by atoms with Gasteiger partial charge in [-0.1, -0.05) is 13.3 Å². The summed E-state index contributed by atoms with van der Waals surface area (Å²) in [7, 11) is 0. The molecule has 18 heavy (non-hydrogen) atoms.